The number of halogens is 2. The minimum atomic E-state index is -3.90. The van der Waals surface area contributed by atoms with E-state index in [1.165, 1.54) is 6.07 Å². The molecular weight excluding hydrogens is 372 g/mol. The van der Waals surface area contributed by atoms with Crippen molar-refractivity contribution in [2.24, 2.45) is 0 Å². The summed E-state index contributed by atoms with van der Waals surface area (Å²) in [6.07, 6.45) is 1.10. The van der Waals surface area contributed by atoms with Crippen LogP contribution in [-0.4, -0.2) is 24.5 Å². The molecule has 2 rings (SSSR count). The predicted molar refractivity (Wildman–Crippen MR) is 77.7 cm³/mol. The predicted octanol–water partition coefficient (Wildman–Crippen LogP) is 2.93. The van der Waals surface area contributed by atoms with Crippen molar-refractivity contribution in [1.29, 1.82) is 0 Å². The Bertz CT molecular complexity index is 772. The van der Waals surface area contributed by atoms with Crippen molar-refractivity contribution >= 4 is 49.2 Å². The van der Waals surface area contributed by atoms with Gasteiger partial charge in [-0.1, -0.05) is 11.6 Å². The SMILES string of the molecule is O=C(O)c1cc(S(=O)(=O)Nc2cc(Cl)ccc2Br)c[nH]1. The van der Waals surface area contributed by atoms with Gasteiger partial charge in [-0.3, -0.25) is 4.72 Å². The monoisotopic (exact) mass is 378 g/mol. The average Bonchev–Trinajstić information content (AvgIpc) is 2.84. The lowest BCUT2D eigenvalue weighted by Gasteiger charge is -2.08. The van der Waals surface area contributed by atoms with Gasteiger partial charge in [0.15, 0.2) is 0 Å². The van der Waals surface area contributed by atoms with Crippen LogP contribution in [0.5, 0.6) is 0 Å². The maximum atomic E-state index is 12.1. The van der Waals surface area contributed by atoms with E-state index >= 15 is 0 Å². The zero-order chi connectivity index (χ0) is 14.9. The van der Waals surface area contributed by atoms with Gasteiger partial charge in [-0.2, -0.15) is 0 Å². The van der Waals surface area contributed by atoms with Crippen molar-refractivity contribution in [3.05, 3.63) is 45.7 Å². The molecule has 0 spiro atoms. The maximum Gasteiger partial charge on any atom is 0.352 e. The first kappa shape index (κ1) is 14.9. The summed E-state index contributed by atoms with van der Waals surface area (Å²) in [5.74, 6) is -1.24. The van der Waals surface area contributed by atoms with Crippen molar-refractivity contribution < 1.29 is 18.3 Å². The summed E-state index contributed by atoms with van der Waals surface area (Å²) in [4.78, 5) is 12.9. The number of aromatic carboxylic acids is 1. The summed E-state index contributed by atoms with van der Waals surface area (Å²) in [6, 6.07) is 5.67. The number of aromatic nitrogens is 1. The lowest BCUT2D eigenvalue weighted by molar-refractivity contribution is 0.0691. The average molecular weight is 380 g/mol. The molecule has 1 heterocycles. The molecule has 0 aliphatic rings. The topological polar surface area (TPSA) is 99.3 Å². The van der Waals surface area contributed by atoms with E-state index in [9.17, 15) is 13.2 Å². The van der Waals surface area contributed by atoms with Crippen LogP contribution in [-0.2, 0) is 10.0 Å². The number of rotatable bonds is 4. The molecule has 1 aromatic heterocycles. The second kappa shape index (κ2) is 5.47. The molecule has 0 amide bonds. The second-order valence-electron chi connectivity index (χ2n) is 3.78. The van der Waals surface area contributed by atoms with Crippen LogP contribution in [0.25, 0.3) is 0 Å². The van der Waals surface area contributed by atoms with Gasteiger partial charge in [0.2, 0.25) is 0 Å². The molecule has 0 bridgehead atoms. The summed E-state index contributed by atoms with van der Waals surface area (Å²) in [7, 11) is -3.90. The Morgan fingerprint density at radius 3 is 2.65 bits per heavy atom. The molecule has 1 aromatic carbocycles. The van der Waals surface area contributed by atoms with Crippen molar-refractivity contribution in [2.45, 2.75) is 4.90 Å². The van der Waals surface area contributed by atoms with Crippen molar-refractivity contribution in [3.63, 3.8) is 0 Å². The first-order valence-corrected chi connectivity index (χ1v) is 7.84. The fraction of sp³-hybridized carbons (Fsp3) is 0. The van der Waals surface area contributed by atoms with Crippen LogP contribution in [0.2, 0.25) is 5.02 Å². The third kappa shape index (κ3) is 3.14. The van der Waals surface area contributed by atoms with E-state index in [2.05, 4.69) is 25.6 Å². The van der Waals surface area contributed by atoms with Crippen molar-refractivity contribution in [3.8, 4) is 0 Å². The Morgan fingerprint density at radius 2 is 2.05 bits per heavy atom. The first-order valence-electron chi connectivity index (χ1n) is 5.19. The van der Waals surface area contributed by atoms with E-state index < -0.39 is 16.0 Å². The van der Waals surface area contributed by atoms with E-state index in [0.717, 1.165) is 12.3 Å². The minimum absolute atomic E-state index is 0.179. The van der Waals surface area contributed by atoms with Crippen LogP contribution in [0.4, 0.5) is 5.69 Å². The van der Waals surface area contributed by atoms with Gasteiger partial charge in [0, 0.05) is 15.7 Å². The fourth-order valence-electron chi connectivity index (χ4n) is 1.43. The van der Waals surface area contributed by atoms with Crippen LogP contribution in [0.1, 0.15) is 10.5 Å². The summed E-state index contributed by atoms with van der Waals surface area (Å²) in [5, 5.41) is 9.13. The molecule has 0 aliphatic carbocycles. The molecule has 0 saturated heterocycles. The van der Waals surface area contributed by atoms with E-state index in [4.69, 9.17) is 16.7 Å². The van der Waals surface area contributed by atoms with E-state index in [0.29, 0.717) is 9.50 Å². The number of anilines is 1. The number of hydrogen-bond donors (Lipinski definition) is 3. The van der Waals surface area contributed by atoms with Crippen molar-refractivity contribution in [2.75, 3.05) is 4.72 Å². The first-order chi connectivity index (χ1) is 9.29. The molecule has 2 aromatic rings. The molecule has 6 nitrogen and oxygen atoms in total. The highest BCUT2D eigenvalue weighted by Gasteiger charge is 2.19. The normalized spacial score (nSPS) is 11.3. The van der Waals surface area contributed by atoms with Crippen LogP contribution < -0.4 is 4.72 Å². The van der Waals surface area contributed by atoms with E-state index in [-0.39, 0.29) is 16.3 Å². The minimum Gasteiger partial charge on any atom is -0.477 e. The zero-order valence-electron chi connectivity index (χ0n) is 9.72. The Labute approximate surface area is 127 Å². The van der Waals surface area contributed by atoms with Gasteiger partial charge in [-0.15, -0.1) is 0 Å². The van der Waals surface area contributed by atoms with E-state index in [1.54, 1.807) is 12.1 Å². The quantitative estimate of drug-likeness (QED) is 0.760. The van der Waals surface area contributed by atoms with Crippen LogP contribution in [0, 0.1) is 0 Å². The number of carboxylic acids is 1. The lowest BCUT2D eigenvalue weighted by Crippen LogP contribution is -2.12. The number of carbonyl (C=O) groups is 1. The second-order valence-corrected chi connectivity index (χ2v) is 6.76. The third-order valence-electron chi connectivity index (χ3n) is 2.37. The van der Waals surface area contributed by atoms with Gasteiger partial charge in [-0.05, 0) is 40.2 Å². The molecule has 0 radical (unpaired) electrons. The van der Waals surface area contributed by atoms with E-state index in [1.807, 2.05) is 0 Å². The molecule has 0 saturated carbocycles. The molecule has 0 unspecified atom stereocenters. The smallest absolute Gasteiger partial charge is 0.352 e. The highest BCUT2D eigenvalue weighted by Crippen LogP contribution is 2.28. The molecule has 3 N–H and O–H groups in total. The van der Waals surface area contributed by atoms with Crippen LogP contribution >= 0.6 is 27.5 Å². The molecular formula is C11H8BrClN2O4S. The molecule has 0 atom stereocenters. The van der Waals surface area contributed by atoms with Gasteiger partial charge < -0.3 is 10.1 Å². The number of sulfonamides is 1. The van der Waals surface area contributed by atoms with Gasteiger partial charge in [0.05, 0.1) is 5.69 Å². The molecule has 106 valence electrons. The number of H-pyrrole nitrogens is 1. The summed E-state index contributed by atoms with van der Waals surface area (Å²) in [6.45, 7) is 0. The van der Waals surface area contributed by atoms with Gasteiger partial charge >= 0.3 is 5.97 Å². The number of hydrogen-bond acceptors (Lipinski definition) is 3. The number of aromatic amines is 1. The summed E-state index contributed by atoms with van der Waals surface area (Å²) in [5.41, 5.74) is 0.0473. The molecule has 0 fully saturated rings. The Balaban J connectivity index is 2.35. The summed E-state index contributed by atoms with van der Waals surface area (Å²) < 4.78 is 27.1. The Morgan fingerprint density at radius 1 is 1.35 bits per heavy atom. The molecule has 20 heavy (non-hydrogen) atoms. The maximum absolute atomic E-state index is 12.1. The third-order valence-corrected chi connectivity index (χ3v) is 4.64. The zero-order valence-corrected chi connectivity index (χ0v) is 12.9. The molecule has 0 aliphatic heterocycles. The number of benzene rings is 1. The van der Waals surface area contributed by atoms with Crippen LogP contribution in [0.15, 0.2) is 39.8 Å². The van der Waals surface area contributed by atoms with Gasteiger partial charge in [-0.25, -0.2) is 13.2 Å². The number of carboxylic acid groups (broad SMARTS) is 1. The standard InChI is InChI=1S/C11H8BrClN2O4S/c12-8-2-1-6(13)3-9(8)15-20(18,19)7-4-10(11(16)17)14-5-7/h1-5,14-15H,(H,16,17). The van der Waals surface area contributed by atoms with Crippen LogP contribution in [0.3, 0.4) is 0 Å². The van der Waals surface area contributed by atoms with Crippen molar-refractivity contribution in [1.82, 2.24) is 4.98 Å². The highest BCUT2D eigenvalue weighted by molar-refractivity contribution is 9.10. The Hall–Kier alpha value is -1.51. The molecule has 9 heteroatoms. The Kier molecular flexibility index (Phi) is 4.07. The highest BCUT2D eigenvalue weighted by atomic mass is 79.9. The fourth-order valence-corrected chi connectivity index (χ4v) is 3.14. The van der Waals surface area contributed by atoms with Gasteiger partial charge in [0.25, 0.3) is 10.0 Å². The number of nitrogens with one attached hydrogen (secondary N) is 2. The lowest BCUT2D eigenvalue weighted by atomic mass is 10.3. The summed E-state index contributed by atoms with van der Waals surface area (Å²) >= 11 is 8.99. The van der Waals surface area contributed by atoms with Gasteiger partial charge in [0.1, 0.15) is 10.6 Å². The largest absolute Gasteiger partial charge is 0.477 e.